The van der Waals surface area contributed by atoms with Crippen molar-refractivity contribution in [2.75, 3.05) is 0 Å². The summed E-state index contributed by atoms with van der Waals surface area (Å²) in [4.78, 5) is 12.1. The monoisotopic (exact) mass is 303 g/mol. The van der Waals surface area contributed by atoms with Crippen molar-refractivity contribution in [3.8, 4) is 0 Å². The van der Waals surface area contributed by atoms with E-state index in [0.29, 0.717) is 13.0 Å². The summed E-state index contributed by atoms with van der Waals surface area (Å²) in [5.41, 5.74) is 3.59. The van der Waals surface area contributed by atoms with Crippen LogP contribution in [0.3, 0.4) is 0 Å². The van der Waals surface area contributed by atoms with Crippen LogP contribution in [0.5, 0.6) is 0 Å². The highest BCUT2D eigenvalue weighted by atomic mass is 16.1. The molecular weight excluding hydrogens is 282 g/mol. The molecule has 1 N–H and O–H groups in total. The minimum atomic E-state index is 0.0967. The summed E-state index contributed by atoms with van der Waals surface area (Å²) in [6.07, 6.45) is 1.28. The molecule has 0 unspecified atom stereocenters. The van der Waals surface area contributed by atoms with Gasteiger partial charge >= 0.3 is 0 Å². The van der Waals surface area contributed by atoms with Gasteiger partial charge in [-0.3, -0.25) is 4.79 Å². The maximum absolute atomic E-state index is 12.1. The standard InChI is InChI=1S/C21H21NO/c1-16-6-4-7-17(14-16)15-22-21(23)13-12-19-10-5-9-18-8-2-3-11-20(18)19/h2-11,14H,12-13,15H2,1H3,(H,22,23). The summed E-state index contributed by atoms with van der Waals surface area (Å²) in [5.74, 6) is 0.0967. The number of nitrogens with one attached hydrogen (secondary N) is 1. The third-order valence-corrected chi connectivity index (χ3v) is 4.07. The van der Waals surface area contributed by atoms with Gasteiger partial charge in [-0.1, -0.05) is 72.3 Å². The second-order valence-electron chi connectivity index (χ2n) is 5.90. The van der Waals surface area contributed by atoms with Gasteiger partial charge < -0.3 is 5.32 Å². The van der Waals surface area contributed by atoms with Crippen molar-refractivity contribution in [3.05, 3.63) is 83.4 Å². The fraction of sp³-hybridized carbons (Fsp3) is 0.190. The maximum atomic E-state index is 12.1. The van der Waals surface area contributed by atoms with E-state index in [0.717, 1.165) is 12.0 Å². The van der Waals surface area contributed by atoms with Crippen molar-refractivity contribution >= 4 is 16.7 Å². The summed E-state index contributed by atoms with van der Waals surface area (Å²) in [5, 5.41) is 5.47. The summed E-state index contributed by atoms with van der Waals surface area (Å²) in [6, 6.07) is 22.8. The van der Waals surface area contributed by atoms with Gasteiger partial charge in [0.25, 0.3) is 0 Å². The van der Waals surface area contributed by atoms with Crippen LogP contribution in [0, 0.1) is 6.92 Å². The fourth-order valence-electron chi connectivity index (χ4n) is 2.87. The van der Waals surface area contributed by atoms with E-state index >= 15 is 0 Å². The molecule has 0 bridgehead atoms. The number of hydrogen-bond acceptors (Lipinski definition) is 1. The second kappa shape index (κ2) is 7.10. The SMILES string of the molecule is Cc1cccc(CNC(=O)CCc2cccc3ccccc23)c1. The van der Waals surface area contributed by atoms with Crippen molar-refractivity contribution in [1.82, 2.24) is 5.32 Å². The average molecular weight is 303 g/mol. The van der Waals surface area contributed by atoms with Gasteiger partial charge in [-0.2, -0.15) is 0 Å². The molecule has 0 saturated carbocycles. The van der Waals surface area contributed by atoms with Crippen molar-refractivity contribution in [2.24, 2.45) is 0 Å². The number of carbonyl (C=O) groups excluding carboxylic acids is 1. The lowest BCUT2D eigenvalue weighted by atomic mass is 10.0. The molecule has 0 saturated heterocycles. The molecule has 3 aromatic rings. The number of aryl methyl sites for hydroxylation is 2. The molecule has 0 fully saturated rings. The molecule has 2 nitrogen and oxygen atoms in total. The zero-order chi connectivity index (χ0) is 16.1. The van der Waals surface area contributed by atoms with Gasteiger partial charge in [-0.25, -0.2) is 0 Å². The summed E-state index contributed by atoms with van der Waals surface area (Å²) in [6.45, 7) is 2.65. The molecule has 0 aliphatic heterocycles. The van der Waals surface area contributed by atoms with E-state index in [4.69, 9.17) is 0 Å². The molecule has 0 radical (unpaired) electrons. The molecule has 0 aromatic heterocycles. The molecule has 23 heavy (non-hydrogen) atoms. The van der Waals surface area contributed by atoms with Crippen molar-refractivity contribution < 1.29 is 4.79 Å². The first kappa shape index (κ1) is 15.3. The van der Waals surface area contributed by atoms with Gasteiger partial charge in [0.05, 0.1) is 0 Å². The van der Waals surface area contributed by atoms with Gasteiger partial charge in [-0.05, 0) is 35.2 Å². The van der Waals surface area contributed by atoms with Crippen LogP contribution in [0.4, 0.5) is 0 Å². The van der Waals surface area contributed by atoms with Gasteiger partial charge in [0.1, 0.15) is 0 Å². The smallest absolute Gasteiger partial charge is 0.220 e. The van der Waals surface area contributed by atoms with Crippen LogP contribution in [0.1, 0.15) is 23.1 Å². The van der Waals surface area contributed by atoms with Gasteiger partial charge in [0.15, 0.2) is 0 Å². The summed E-state index contributed by atoms with van der Waals surface area (Å²) < 4.78 is 0. The molecule has 0 atom stereocenters. The van der Waals surface area contributed by atoms with Gasteiger partial charge in [0, 0.05) is 13.0 Å². The Balaban J connectivity index is 1.58. The topological polar surface area (TPSA) is 29.1 Å². The van der Waals surface area contributed by atoms with Crippen LogP contribution in [-0.2, 0) is 17.8 Å². The Hall–Kier alpha value is -2.61. The third-order valence-electron chi connectivity index (χ3n) is 4.07. The predicted octanol–water partition coefficient (Wildman–Crippen LogP) is 4.40. The van der Waals surface area contributed by atoms with Gasteiger partial charge in [-0.15, -0.1) is 0 Å². The summed E-state index contributed by atoms with van der Waals surface area (Å²) in [7, 11) is 0. The predicted molar refractivity (Wildman–Crippen MR) is 95.3 cm³/mol. The second-order valence-corrected chi connectivity index (χ2v) is 5.90. The first-order chi connectivity index (χ1) is 11.2. The fourth-order valence-corrected chi connectivity index (χ4v) is 2.87. The van der Waals surface area contributed by atoms with Crippen molar-refractivity contribution in [3.63, 3.8) is 0 Å². The summed E-state index contributed by atoms with van der Waals surface area (Å²) >= 11 is 0. The van der Waals surface area contributed by atoms with E-state index < -0.39 is 0 Å². The van der Waals surface area contributed by atoms with Crippen LogP contribution in [0.15, 0.2) is 66.7 Å². The molecule has 3 rings (SSSR count). The van der Waals surface area contributed by atoms with E-state index in [1.807, 2.05) is 24.3 Å². The quantitative estimate of drug-likeness (QED) is 0.744. The largest absolute Gasteiger partial charge is 0.352 e. The van der Waals surface area contributed by atoms with Crippen LogP contribution < -0.4 is 5.32 Å². The van der Waals surface area contributed by atoms with Crippen LogP contribution in [0.2, 0.25) is 0 Å². The van der Waals surface area contributed by atoms with E-state index in [1.165, 1.54) is 21.9 Å². The molecule has 0 spiro atoms. The molecule has 116 valence electrons. The van der Waals surface area contributed by atoms with E-state index in [-0.39, 0.29) is 5.91 Å². The minimum Gasteiger partial charge on any atom is -0.352 e. The number of hydrogen-bond donors (Lipinski definition) is 1. The number of amides is 1. The molecule has 3 aromatic carbocycles. The maximum Gasteiger partial charge on any atom is 0.220 e. The Labute approximate surface area is 137 Å². The highest BCUT2D eigenvalue weighted by Crippen LogP contribution is 2.19. The lowest BCUT2D eigenvalue weighted by molar-refractivity contribution is -0.121. The normalized spacial score (nSPS) is 10.7. The Morgan fingerprint density at radius 2 is 1.74 bits per heavy atom. The highest BCUT2D eigenvalue weighted by molar-refractivity contribution is 5.86. The highest BCUT2D eigenvalue weighted by Gasteiger charge is 2.05. The Morgan fingerprint density at radius 1 is 0.957 bits per heavy atom. The molecule has 0 heterocycles. The molecular formula is C21H21NO. The zero-order valence-corrected chi connectivity index (χ0v) is 13.4. The van der Waals surface area contributed by atoms with E-state index in [9.17, 15) is 4.79 Å². The molecule has 0 aliphatic carbocycles. The molecule has 0 aliphatic rings. The third kappa shape index (κ3) is 3.98. The number of benzene rings is 3. The first-order valence-electron chi connectivity index (χ1n) is 8.01. The number of rotatable bonds is 5. The lowest BCUT2D eigenvalue weighted by Crippen LogP contribution is -2.23. The lowest BCUT2D eigenvalue weighted by Gasteiger charge is -2.08. The van der Waals surface area contributed by atoms with Crippen molar-refractivity contribution in [1.29, 1.82) is 0 Å². The zero-order valence-electron chi connectivity index (χ0n) is 13.4. The van der Waals surface area contributed by atoms with Crippen LogP contribution in [0.25, 0.3) is 10.8 Å². The van der Waals surface area contributed by atoms with Crippen LogP contribution in [-0.4, -0.2) is 5.91 Å². The van der Waals surface area contributed by atoms with Crippen molar-refractivity contribution in [2.45, 2.75) is 26.3 Å². The van der Waals surface area contributed by atoms with Crippen LogP contribution >= 0.6 is 0 Å². The van der Waals surface area contributed by atoms with Gasteiger partial charge in [0.2, 0.25) is 5.91 Å². The first-order valence-corrected chi connectivity index (χ1v) is 8.01. The molecule has 1 amide bonds. The minimum absolute atomic E-state index is 0.0967. The van der Waals surface area contributed by atoms with E-state index in [1.54, 1.807) is 0 Å². The van der Waals surface area contributed by atoms with E-state index in [2.05, 4.69) is 54.7 Å². The Kier molecular flexibility index (Phi) is 4.72. The average Bonchev–Trinajstić information content (AvgIpc) is 2.58. The Bertz CT molecular complexity index is 817. The molecule has 2 heteroatoms. The Morgan fingerprint density at radius 3 is 2.61 bits per heavy atom. The number of carbonyl (C=O) groups is 1. The number of fused-ring (bicyclic) bond motifs is 1.